The van der Waals surface area contributed by atoms with Crippen molar-refractivity contribution in [2.24, 2.45) is 0 Å². The second kappa shape index (κ2) is 5.98. The van der Waals surface area contributed by atoms with E-state index in [1.807, 2.05) is 0 Å². The number of alkyl halides is 3. The summed E-state index contributed by atoms with van der Waals surface area (Å²) in [5.41, 5.74) is -0.793. The highest BCUT2D eigenvalue weighted by atomic mass is 35.5. The Hall–Kier alpha value is -1.67. The highest BCUT2D eigenvalue weighted by Gasteiger charge is 2.32. The van der Waals surface area contributed by atoms with Gasteiger partial charge in [0.05, 0.1) is 17.2 Å². The number of halogens is 4. The molecular weight excluding hydrogens is 329 g/mol. The Morgan fingerprint density at radius 3 is 2.76 bits per heavy atom. The van der Waals surface area contributed by atoms with Crippen molar-refractivity contribution in [2.75, 3.05) is 6.61 Å². The van der Waals surface area contributed by atoms with Crippen LogP contribution in [0.4, 0.5) is 13.2 Å². The first-order chi connectivity index (χ1) is 9.82. The van der Waals surface area contributed by atoms with Gasteiger partial charge in [-0.2, -0.15) is 13.2 Å². The lowest BCUT2D eigenvalue weighted by molar-refractivity contribution is -0.137. The molecule has 0 N–H and O–H groups in total. The smallest absolute Gasteiger partial charge is 0.417 e. The van der Waals surface area contributed by atoms with Gasteiger partial charge in [0.1, 0.15) is 10.7 Å². The predicted molar refractivity (Wildman–Crippen MR) is 71.3 cm³/mol. The highest BCUT2D eigenvalue weighted by Crippen LogP contribution is 2.34. The van der Waals surface area contributed by atoms with Gasteiger partial charge in [0.25, 0.3) is 0 Å². The molecule has 4 nitrogen and oxygen atoms in total. The number of rotatable bonds is 3. The number of pyridine rings is 1. The molecule has 0 saturated carbocycles. The molecule has 2 rings (SSSR count). The van der Waals surface area contributed by atoms with Crippen molar-refractivity contribution in [2.45, 2.75) is 13.1 Å². The lowest BCUT2D eigenvalue weighted by atomic mass is 10.2. The summed E-state index contributed by atoms with van der Waals surface area (Å²) < 4.78 is 42.3. The van der Waals surface area contributed by atoms with E-state index in [4.69, 9.17) is 16.3 Å². The fraction of sp³-hybridized carbons (Fsp3) is 0.250. The minimum absolute atomic E-state index is 0.0645. The van der Waals surface area contributed by atoms with E-state index >= 15 is 0 Å². The topological polar surface area (TPSA) is 52.1 Å². The summed E-state index contributed by atoms with van der Waals surface area (Å²) in [6.45, 7) is 1.85. The maximum Gasteiger partial charge on any atom is 0.417 e. The summed E-state index contributed by atoms with van der Waals surface area (Å²) >= 11 is 6.85. The molecule has 0 bridgehead atoms. The van der Waals surface area contributed by atoms with Crippen LogP contribution in [0.3, 0.4) is 0 Å². The molecule has 2 aromatic rings. The van der Waals surface area contributed by atoms with Crippen LogP contribution >= 0.6 is 22.9 Å². The number of hydrogen-bond acceptors (Lipinski definition) is 5. The van der Waals surface area contributed by atoms with Crippen LogP contribution in [-0.4, -0.2) is 22.5 Å². The summed E-state index contributed by atoms with van der Waals surface area (Å²) in [6.07, 6.45) is -3.85. The number of nitrogens with zero attached hydrogens (tertiary/aromatic N) is 2. The largest absolute Gasteiger partial charge is 0.461 e. The van der Waals surface area contributed by atoms with E-state index in [1.165, 1.54) is 5.38 Å². The van der Waals surface area contributed by atoms with Crippen molar-refractivity contribution >= 4 is 28.9 Å². The van der Waals surface area contributed by atoms with Gasteiger partial charge in [-0.1, -0.05) is 11.6 Å². The van der Waals surface area contributed by atoms with Crippen LogP contribution in [0.2, 0.25) is 5.02 Å². The predicted octanol–water partition coefficient (Wildman–Crippen LogP) is 4.05. The van der Waals surface area contributed by atoms with Crippen LogP contribution in [0.15, 0.2) is 17.6 Å². The molecule has 0 radical (unpaired) electrons. The van der Waals surface area contributed by atoms with Crippen molar-refractivity contribution in [3.63, 3.8) is 0 Å². The van der Waals surface area contributed by atoms with Gasteiger partial charge < -0.3 is 4.74 Å². The third kappa shape index (κ3) is 3.51. The van der Waals surface area contributed by atoms with E-state index in [-0.39, 0.29) is 28.0 Å². The van der Waals surface area contributed by atoms with Crippen LogP contribution in [0.5, 0.6) is 0 Å². The number of hydrogen-bond donors (Lipinski definition) is 0. The minimum Gasteiger partial charge on any atom is -0.461 e. The van der Waals surface area contributed by atoms with E-state index in [0.29, 0.717) is 6.20 Å². The Balaban J connectivity index is 2.33. The maximum atomic E-state index is 12.5. The summed E-state index contributed by atoms with van der Waals surface area (Å²) in [5, 5.41) is 1.49. The lowest BCUT2D eigenvalue weighted by Gasteiger charge is -2.07. The Morgan fingerprint density at radius 2 is 2.19 bits per heavy atom. The number of esters is 1. The molecule has 0 amide bonds. The second-order valence-corrected chi connectivity index (χ2v) is 5.08. The fourth-order valence-corrected chi connectivity index (χ4v) is 2.54. The molecule has 2 aromatic heterocycles. The van der Waals surface area contributed by atoms with Crippen molar-refractivity contribution in [3.8, 4) is 10.7 Å². The van der Waals surface area contributed by atoms with Crippen molar-refractivity contribution in [1.29, 1.82) is 0 Å². The first kappa shape index (κ1) is 15.7. The summed E-state index contributed by atoms with van der Waals surface area (Å²) in [7, 11) is 0. The second-order valence-electron chi connectivity index (χ2n) is 3.81. The van der Waals surface area contributed by atoms with Crippen LogP contribution < -0.4 is 0 Å². The SMILES string of the molecule is CCOC(=O)c1csc(-c2ncc(C(F)(F)F)cc2Cl)n1. The van der Waals surface area contributed by atoms with E-state index in [9.17, 15) is 18.0 Å². The zero-order valence-corrected chi connectivity index (χ0v) is 12.1. The Kier molecular flexibility index (Phi) is 4.48. The van der Waals surface area contributed by atoms with Crippen LogP contribution in [0, 0.1) is 0 Å². The molecule has 0 fully saturated rings. The average molecular weight is 337 g/mol. The molecule has 0 saturated heterocycles. The summed E-state index contributed by atoms with van der Waals surface area (Å²) in [5.74, 6) is -0.608. The Labute approximate surface area is 126 Å². The van der Waals surface area contributed by atoms with E-state index in [2.05, 4.69) is 9.97 Å². The van der Waals surface area contributed by atoms with Gasteiger partial charge >= 0.3 is 12.1 Å². The van der Waals surface area contributed by atoms with Gasteiger partial charge in [-0.15, -0.1) is 11.3 Å². The molecule has 0 unspecified atom stereocenters. The van der Waals surface area contributed by atoms with Gasteiger partial charge in [-0.05, 0) is 13.0 Å². The molecule has 0 aliphatic heterocycles. The molecular formula is C12H8ClF3N2O2S. The number of aromatic nitrogens is 2. The normalized spacial score (nSPS) is 11.5. The third-order valence-electron chi connectivity index (χ3n) is 2.36. The van der Waals surface area contributed by atoms with Gasteiger partial charge in [0.2, 0.25) is 0 Å². The van der Waals surface area contributed by atoms with Gasteiger partial charge in [0.15, 0.2) is 5.69 Å². The average Bonchev–Trinajstić information content (AvgIpc) is 2.87. The molecule has 9 heteroatoms. The molecule has 2 heterocycles. The quantitative estimate of drug-likeness (QED) is 0.793. The molecule has 21 heavy (non-hydrogen) atoms. The molecule has 0 atom stereocenters. The Bertz CT molecular complexity index is 673. The van der Waals surface area contributed by atoms with E-state index in [1.54, 1.807) is 6.92 Å². The maximum absolute atomic E-state index is 12.5. The molecule has 112 valence electrons. The van der Waals surface area contributed by atoms with Crippen LogP contribution in [0.1, 0.15) is 23.0 Å². The standard InChI is InChI=1S/C12H8ClF3N2O2S/c1-2-20-11(19)8-5-21-10(18-8)9-7(13)3-6(4-17-9)12(14,15)16/h3-5H,2H2,1H3. The van der Waals surface area contributed by atoms with Crippen LogP contribution in [0.25, 0.3) is 10.7 Å². The number of carbonyl (C=O) groups is 1. The summed E-state index contributed by atoms with van der Waals surface area (Å²) in [4.78, 5) is 19.1. The van der Waals surface area contributed by atoms with Gasteiger partial charge in [-0.25, -0.2) is 9.78 Å². The number of thiazole rings is 1. The Morgan fingerprint density at radius 1 is 1.48 bits per heavy atom. The molecule has 0 aromatic carbocycles. The number of carbonyl (C=O) groups excluding carboxylic acids is 1. The van der Waals surface area contributed by atoms with E-state index in [0.717, 1.165) is 17.4 Å². The summed E-state index contributed by atoms with van der Waals surface area (Å²) in [6, 6.07) is 0.773. The van der Waals surface area contributed by atoms with Crippen molar-refractivity contribution in [3.05, 3.63) is 33.9 Å². The third-order valence-corrected chi connectivity index (χ3v) is 3.50. The van der Waals surface area contributed by atoms with Crippen molar-refractivity contribution in [1.82, 2.24) is 9.97 Å². The zero-order valence-electron chi connectivity index (χ0n) is 10.6. The van der Waals surface area contributed by atoms with Crippen LogP contribution in [-0.2, 0) is 10.9 Å². The zero-order chi connectivity index (χ0) is 15.6. The number of ether oxygens (including phenoxy) is 1. The molecule has 0 aliphatic carbocycles. The fourth-order valence-electron chi connectivity index (χ4n) is 1.43. The first-order valence-electron chi connectivity index (χ1n) is 5.68. The first-order valence-corrected chi connectivity index (χ1v) is 6.94. The molecule has 0 aliphatic rings. The van der Waals surface area contributed by atoms with Crippen molar-refractivity contribution < 1.29 is 22.7 Å². The van der Waals surface area contributed by atoms with Gasteiger partial charge in [-0.3, -0.25) is 4.98 Å². The lowest BCUT2D eigenvalue weighted by Crippen LogP contribution is -2.06. The van der Waals surface area contributed by atoms with E-state index < -0.39 is 17.7 Å². The minimum atomic E-state index is -4.52. The van der Waals surface area contributed by atoms with Gasteiger partial charge in [0, 0.05) is 11.6 Å². The highest BCUT2D eigenvalue weighted by molar-refractivity contribution is 7.13. The monoisotopic (exact) mass is 336 g/mol. The molecule has 0 spiro atoms.